The van der Waals surface area contributed by atoms with Gasteiger partial charge < -0.3 is 10.6 Å². The van der Waals surface area contributed by atoms with Crippen molar-refractivity contribution in [3.63, 3.8) is 0 Å². The van der Waals surface area contributed by atoms with Gasteiger partial charge in [0.25, 0.3) is 0 Å². The van der Waals surface area contributed by atoms with E-state index in [0.29, 0.717) is 36.5 Å². The molecule has 0 unspecified atom stereocenters. The topological polar surface area (TPSA) is 76.5 Å². The number of aromatic nitrogens is 2. The van der Waals surface area contributed by atoms with Gasteiger partial charge in [-0.25, -0.2) is 4.39 Å². The molecule has 11 heteroatoms. The first-order valence-electron chi connectivity index (χ1n) is 8.97. The maximum absolute atomic E-state index is 13.1. The molecule has 1 amide bonds. The van der Waals surface area contributed by atoms with Crippen molar-refractivity contribution in [2.75, 3.05) is 6.54 Å². The van der Waals surface area contributed by atoms with Crippen molar-refractivity contribution in [3.8, 4) is 0 Å². The largest absolute Gasteiger partial charge is 0.436 e. The van der Waals surface area contributed by atoms with Crippen molar-refractivity contribution in [2.24, 2.45) is 10.7 Å². The minimum Gasteiger partial charge on any atom is -0.403 e. The summed E-state index contributed by atoms with van der Waals surface area (Å²) in [4.78, 5) is 18.6. The highest BCUT2D eigenvalue weighted by atomic mass is 35.5. The zero-order chi connectivity index (χ0) is 22.1. The molecule has 1 aromatic carbocycles. The number of piperidine rings is 1. The van der Waals surface area contributed by atoms with Crippen LogP contribution in [0.3, 0.4) is 0 Å². The van der Waals surface area contributed by atoms with Gasteiger partial charge in [-0.15, -0.1) is 0 Å². The molecule has 1 saturated heterocycles. The van der Waals surface area contributed by atoms with E-state index in [2.05, 4.69) is 10.1 Å². The summed E-state index contributed by atoms with van der Waals surface area (Å²) in [7, 11) is 0. The predicted octanol–water partition coefficient (Wildman–Crippen LogP) is 4.20. The highest BCUT2D eigenvalue weighted by Gasteiger charge is 2.38. The summed E-state index contributed by atoms with van der Waals surface area (Å²) in [5, 5.41) is 2.92. The minimum atomic E-state index is -4.72. The molecular weight excluding hydrogens is 426 g/mol. The molecule has 1 aromatic heterocycles. The molecule has 1 fully saturated rings. The Labute approximate surface area is 174 Å². The molecule has 160 valence electrons. The second kappa shape index (κ2) is 8.47. The van der Waals surface area contributed by atoms with Crippen LogP contribution in [0.25, 0.3) is 0 Å². The Bertz CT molecular complexity index is 1010. The number of rotatable bonds is 3. The normalized spacial score (nSPS) is 17.7. The number of allylic oxidation sites excluding steroid dienone is 1. The van der Waals surface area contributed by atoms with E-state index in [1.54, 1.807) is 0 Å². The highest BCUT2D eigenvalue weighted by molar-refractivity contribution is 6.32. The van der Waals surface area contributed by atoms with Crippen molar-refractivity contribution in [3.05, 3.63) is 58.4 Å². The van der Waals surface area contributed by atoms with Crippen LogP contribution in [0.1, 0.15) is 24.2 Å². The summed E-state index contributed by atoms with van der Waals surface area (Å²) < 4.78 is 53.1. The lowest BCUT2D eigenvalue weighted by molar-refractivity contribution is -0.142. The van der Waals surface area contributed by atoms with Crippen LogP contribution in [-0.2, 0) is 17.5 Å². The van der Waals surface area contributed by atoms with Crippen LogP contribution >= 0.6 is 11.6 Å². The van der Waals surface area contributed by atoms with Gasteiger partial charge >= 0.3 is 6.18 Å². The average Bonchev–Trinajstić information content (AvgIpc) is 2.98. The Morgan fingerprint density at radius 3 is 2.57 bits per heavy atom. The van der Waals surface area contributed by atoms with Crippen molar-refractivity contribution >= 4 is 28.9 Å². The summed E-state index contributed by atoms with van der Waals surface area (Å²) in [6, 6.07) is 5.51. The zero-order valence-corrected chi connectivity index (χ0v) is 16.6. The van der Waals surface area contributed by atoms with E-state index in [9.17, 15) is 22.4 Å². The predicted molar refractivity (Wildman–Crippen MR) is 104 cm³/mol. The number of aliphatic imine (C=N–C) groups is 1. The van der Waals surface area contributed by atoms with Crippen molar-refractivity contribution in [2.45, 2.75) is 32.5 Å². The maximum atomic E-state index is 13.1. The number of carbonyl (C=O) groups is 1. The average molecular weight is 444 g/mol. The van der Waals surface area contributed by atoms with E-state index in [1.165, 1.54) is 42.3 Å². The first-order valence-corrected chi connectivity index (χ1v) is 9.35. The number of hydrogen-bond acceptors (Lipinski definition) is 4. The smallest absolute Gasteiger partial charge is 0.403 e. The number of nitrogens with two attached hydrogens (primary N) is 1. The van der Waals surface area contributed by atoms with Crippen LogP contribution in [0.5, 0.6) is 0 Å². The Hall–Kier alpha value is -2.88. The number of carbonyl (C=O) groups excluding carboxylic acids is 1. The molecule has 0 atom stereocenters. The molecule has 0 radical (unpaired) electrons. The molecule has 2 N–H and O–H groups in total. The lowest BCUT2D eigenvalue weighted by atomic mass is 10.0. The lowest BCUT2D eigenvalue weighted by Gasteiger charge is -2.30. The van der Waals surface area contributed by atoms with Crippen LogP contribution < -0.4 is 5.73 Å². The van der Waals surface area contributed by atoms with Gasteiger partial charge in [-0.2, -0.15) is 18.3 Å². The van der Waals surface area contributed by atoms with Crippen molar-refractivity contribution in [1.82, 2.24) is 14.7 Å². The molecule has 0 saturated carbocycles. The number of nitrogens with zero attached hydrogens (tertiary/aromatic N) is 4. The van der Waals surface area contributed by atoms with E-state index in [1.807, 2.05) is 0 Å². The molecule has 0 aliphatic carbocycles. The van der Waals surface area contributed by atoms with Crippen LogP contribution in [0.15, 0.2) is 41.2 Å². The Balaban J connectivity index is 1.85. The van der Waals surface area contributed by atoms with Crippen LogP contribution in [0.4, 0.5) is 23.2 Å². The minimum absolute atomic E-state index is 0.0350. The molecule has 1 aliphatic heterocycles. The number of amides is 1. The zero-order valence-electron chi connectivity index (χ0n) is 15.9. The second-order valence-electron chi connectivity index (χ2n) is 6.64. The molecule has 2 aromatic rings. The van der Waals surface area contributed by atoms with E-state index >= 15 is 0 Å². The third-order valence-electron chi connectivity index (χ3n) is 4.62. The first kappa shape index (κ1) is 21.8. The van der Waals surface area contributed by atoms with E-state index in [0.717, 1.165) is 4.68 Å². The fourth-order valence-electron chi connectivity index (χ4n) is 3.11. The summed E-state index contributed by atoms with van der Waals surface area (Å²) in [6.07, 6.45) is -2.38. The van der Waals surface area contributed by atoms with Gasteiger partial charge in [0, 0.05) is 12.7 Å². The van der Waals surface area contributed by atoms with Gasteiger partial charge in [0.2, 0.25) is 5.91 Å². The molecule has 2 heterocycles. The number of benzene rings is 1. The van der Waals surface area contributed by atoms with Gasteiger partial charge in [-0.05, 0) is 44.0 Å². The molecule has 1 aliphatic rings. The third-order valence-corrected chi connectivity index (χ3v) is 5.07. The quantitative estimate of drug-likeness (QED) is 0.722. The van der Waals surface area contributed by atoms with E-state index in [-0.39, 0.29) is 5.69 Å². The molecule has 6 nitrogen and oxygen atoms in total. The molecular formula is C19H18ClF4N5O. The molecule has 0 spiro atoms. The number of likely N-dealkylation sites (tertiary alicyclic amines) is 1. The number of halogens is 5. The number of alkyl halides is 3. The van der Waals surface area contributed by atoms with Crippen molar-refractivity contribution < 1.29 is 22.4 Å². The Kier molecular flexibility index (Phi) is 6.16. The fraction of sp³-hybridized carbons (Fsp3) is 0.316. The van der Waals surface area contributed by atoms with Crippen LogP contribution in [0, 0.1) is 12.7 Å². The summed E-state index contributed by atoms with van der Waals surface area (Å²) in [6.45, 7) is 1.24. The summed E-state index contributed by atoms with van der Waals surface area (Å²) in [5.74, 6) is -0.908. The van der Waals surface area contributed by atoms with Gasteiger partial charge in [0.05, 0.1) is 27.8 Å². The van der Waals surface area contributed by atoms with Crippen LogP contribution in [0.2, 0.25) is 5.02 Å². The second-order valence-corrected chi connectivity index (χ2v) is 7.02. The van der Waals surface area contributed by atoms with Gasteiger partial charge in [-0.3, -0.25) is 14.5 Å². The Morgan fingerprint density at radius 2 is 2.00 bits per heavy atom. The van der Waals surface area contributed by atoms with Gasteiger partial charge in [0.1, 0.15) is 12.4 Å². The van der Waals surface area contributed by atoms with E-state index < -0.39 is 35.2 Å². The van der Waals surface area contributed by atoms with Gasteiger partial charge in [0.15, 0.2) is 5.69 Å². The Morgan fingerprint density at radius 1 is 1.33 bits per heavy atom. The SMILES string of the molecule is Cc1c(Cl)c(C(F)(F)F)nn1CC(=O)N1CCCC(=Nc2ccc(F)cc2)C1=CN. The number of hydrogen-bond donors (Lipinski definition) is 1. The summed E-state index contributed by atoms with van der Waals surface area (Å²) in [5.41, 5.74) is 5.88. The lowest BCUT2D eigenvalue weighted by Crippen LogP contribution is -2.40. The highest BCUT2D eigenvalue weighted by Crippen LogP contribution is 2.35. The summed E-state index contributed by atoms with van der Waals surface area (Å²) >= 11 is 5.74. The monoisotopic (exact) mass is 443 g/mol. The maximum Gasteiger partial charge on any atom is 0.436 e. The molecule has 0 bridgehead atoms. The molecule has 3 rings (SSSR count). The standard InChI is InChI=1S/C19H18ClF4N5O/c1-11-17(20)18(19(22,23)24)27-29(11)10-16(30)28-8-2-3-14(15(28)9-25)26-13-6-4-12(21)5-7-13/h4-7,9H,2-3,8,10,25H2,1H3. The fourth-order valence-corrected chi connectivity index (χ4v) is 3.35. The third kappa shape index (κ3) is 4.48. The van der Waals surface area contributed by atoms with E-state index in [4.69, 9.17) is 17.3 Å². The first-order chi connectivity index (χ1) is 14.1. The van der Waals surface area contributed by atoms with Gasteiger partial charge in [-0.1, -0.05) is 11.6 Å². The van der Waals surface area contributed by atoms with Crippen molar-refractivity contribution in [1.29, 1.82) is 0 Å². The van der Waals surface area contributed by atoms with Crippen LogP contribution in [-0.4, -0.2) is 32.8 Å². The molecule has 30 heavy (non-hydrogen) atoms.